The summed E-state index contributed by atoms with van der Waals surface area (Å²) >= 11 is 0. The number of halogens is 3. The second-order valence-corrected chi connectivity index (χ2v) is 3.98. The third kappa shape index (κ3) is 4.41. The number of rotatable bonds is 6. The Kier molecular flexibility index (Phi) is 4.89. The SMILES string of the molecule is NC(=O)CCCNc1ccc(C(F)(F)F)cc1[N+](=O)[O-]. The van der Waals surface area contributed by atoms with Gasteiger partial charge >= 0.3 is 6.18 Å². The molecule has 6 nitrogen and oxygen atoms in total. The van der Waals surface area contributed by atoms with Crippen LogP contribution in [0.1, 0.15) is 18.4 Å². The van der Waals surface area contributed by atoms with E-state index in [1.807, 2.05) is 0 Å². The molecule has 0 fully saturated rings. The molecule has 0 aliphatic rings. The maximum absolute atomic E-state index is 12.5. The van der Waals surface area contributed by atoms with Gasteiger partial charge in [0.05, 0.1) is 10.5 Å². The third-order valence-corrected chi connectivity index (χ3v) is 2.44. The predicted octanol–water partition coefficient (Wildman–Crippen LogP) is 2.29. The van der Waals surface area contributed by atoms with Crippen LogP contribution in [0, 0.1) is 10.1 Å². The van der Waals surface area contributed by atoms with Crippen molar-refractivity contribution in [2.45, 2.75) is 19.0 Å². The number of primary amides is 1. The van der Waals surface area contributed by atoms with Crippen molar-refractivity contribution in [2.24, 2.45) is 5.73 Å². The molecule has 0 saturated carbocycles. The number of benzene rings is 1. The van der Waals surface area contributed by atoms with E-state index in [2.05, 4.69) is 5.32 Å². The van der Waals surface area contributed by atoms with Crippen LogP contribution < -0.4 is 11.1 Å². The second-order valence-electron chi connectivity index (χ2n) is 3.98. The van der Waals surface area contributed by atoms with E-state index in [0.29, 0.717) is 12.5 Å². The lowest BCUT2D eigenvalue weighted by atomic mass is 10.1. The molecule has 0 radical (unpaired) electrons. The molecule has 1 aromatic carbocycles. The van der Waals surface area contributed by atoms with Gasteiger partial charge in [-0.15, -0.1) is 0 Å². The van der Waals surface area contributed by atoms with Crippen LogP contribution in [-0.2, 0) is 11.0 Å². The van der Waals surface area contributed by atoms with Gasteiger partial charge in [-0.1, -0.05) is 0 Å². The number of nitrogens with zero attached hydrogens (tertiary/aromatic N) is 1. The summed E-state index contributed by atoms with van der Waals surface area (Å²) in [4.78, 5) is 20.4. The van der Waals surface area contributed by atoms with E-state index in [0.717, 1.165) is 12.1 Å². The molecule has 0 aromatic heterocycles. The topological polar surface area (TPSA) is 98.3 Å². The first kappa shape index (κ1) is 15.7. The lowest BCUT2D eigenvalue weighted by Gasteiger charge is -2.10. The van der Waals surface area contributed by atoms with Gasteiger partial charge in [-0.25, -0.2) is 0 Å². The van der Waals surface area contributed by atoms with E-state index >= 15 is 0 Å². The number of carbonyl (C=O) groups excluding carboxylic acids is 1. The highest BCUT2D eigenvalue weighted by atomic mass is 19.4. The predicted molar refractivity (Wildman–Crippen MR) is 65.0 cm³/mol. The van der Waals surface area contributed by atoms with Crippen LogP contribution in [0.2, 0.25) is 0 Å². The summed E-state index contributed by atoms with van der Waals surface area (Å²) in [6, 6.07) is 2.21. The molecule has 0 unspecified atom stereocenters. The van der Waals surface area contributed by atoms with Crippen LogP contribution in [0.3, 0.4) is 0 Å². The van der Waals surface area contributed by atoms with Crippen LogP contribution in [0.15, 0.2) is 18.2 Å². The Bertz CT molecular complexity index is 517. The summed E-state index contributed by atoms with van der Waals surface area (Å²) in [5.74, 6) is -0.520. The van der Waals surface area contributed by atoms with Gasteiger partial charge in [0, 0.05) is 19.0 Å². The van der Waals surface area contributed by atoms with Gasteiger partial charge in [-0.3, -0.25) is 14.9 Å². The van der Waals surface area contributed by atoms with E-state index in [4.69, 9.17) is 5.73 Å². The summed E-state index contributed by atoms with van der Waals surface area (Å²) in [5, 5.41) is 13.4. The lowest BCUT2D eigenvalue weighted by molar-refractivity contribution is -0.384. The molecule has 0 heterocycles. The number of anilines is 1. The van der Waals surface area contributed by atoms with Gasteiger partial charge in [0.15, 0.2) is 0 Å². The molecule has 0 aliphatic heterocycles. The summed E-state index contributed by atoms with van der Waals surface area (Å²) < 4.78 is 37.4. The molecule has 110 valence electrons. The van der Waals surface area contributed by atoms with E-state index in [9.17, 15) is 28.1 Å². The summed E-state index contributed by atoms with van der Waals surface area (Å²) in [5.41, 5.74) is 3.12. The van der Waals surface area contributed by atoms with E-state index in [1.165, 1.54) is 0 Å². The number of nitro benzene ring substituents is 1. The molecule has 0 atom stereocenters. The molecule has 1 rings (SSSR count). The number of carbonyl (C=O) groups is 1. The van der Waals surface area contributed by atoms with Crippen molar-refractivity contribution in [3.05, 3.63) is 33.9 Å². The Morgan fingerprint density at radius 3 is 2.55 bits per heavy atom. The zero-order valence-corrected chi connectivity index (χ0v) is 10.2. The molecule has 0 bridgehead atoms. The molecular weight excluding hydrogens is 279 g/mol. The first-order valence-electron chi connectivity index (χ1n) is 5.59. The van der Waals surface area contributed by atoms with Crippen molar-refractivity contribution in [1.29, 1.82) is 0 Å². The standard InChI is InChI=1S/C11H12F3N3O3/c12-11(13,14)7-3-4-8(9(6-7)17(19)20)16-5-1-2-10(15)18/h3-4,6,16H,1-2,5H2,(H2,15,18). The fraction of sp³-hybridized carbons (Fsp3) is 0.364. The molecule has 9 heteroatoms. The molecule has 20 heavy (non-hydrogen) atoms. The highest BCUT2D eigenvalue weighted by molar-refractivity contribution is 5.73. The molecule has 1 aromatic rings. The van der Waals surface area contributed by atoms with Crippen molar-refractivity contribution in [1.82, 2.24) is 0 Å². The highest BCUT2D eigenvalue weighted by Gasteiger charge is 2.32. The normalized spacial score (nSPS) is 11.2. The first-order valence-corrected chi connectivity index (χ1v) is 5.59. The lowest BCUT2D eigenvalue weighted by Crippen LogP contribution is -2.13. The van der Waals surface area contributed by atoms with Crippen molar-refractivity contribution in [3.63, 3.8) is 0 Å². The van der Waals surface area contributed by atoms with E-state index in [-0.39, 0.29) is 18.7 Å². The minimum Gasteiger partial charge on any atom is -0.379 e. The van der Waals surface area contributed by atoms with Crippen LogP contribution >= 0.6 is 0 Å². The summed E-state index contributed by atoms with van der Waals surface area (Å²) in [6.45, 7) is 0.190. The molecular formula is C11H12F3N3O3. The van der Waals surface area contributed by atoms with Gasteiger partial charge in [0.1, 0.15) is 5.69 Å². The van der Waals surface area contributed by atoms with Crippen molar-refractivity contribution in [3.8, 4) is 0 Å². The zero-order valence-electron chi connectivity index (χ0n) is 10.2. The number of amides is 1. The average molecular weight is 291 g/mol. The molecule has 0 aliphatic carbocycles. The van der Waals surface area contributed by atoms with Crippen LogP contribution in [0.5, 0.6) is 0 Å². The first-order chi connectivity index (χ1) is 9.21. The smallest absolute Gasteiger partial charge is 0.379 e. The van der Waals surface area contributed by atoms with Gasteiger partial charge in [-0.2, -0.15) is 13.2 Å². The van der Waals surface area contributed by atoms with Gasteiger partial charge in [-0.05, 0) is 18.6 Å². The largest absolute Gasteiger partial charge is 0.416 e. The Morgan fingerprint density at radius 1 is 1.40 bits per heavy atom. The Balaban J connectivity index is 2.86. The molecule has 3 N–H and O–H groups in total. The Morgan fingerprint density at radius 2 is 2.05 bits per heavy atom. The summed E-state index contributed by atoms with van der Waals surface area (Å²) in [7, 11) is 0. The van der Waals surface area contributed by atoms with Crippen LogP contribution in [0.4, 0.5) is 24.5 Å². The average Bonchev–Trinajstić information content (AvgIpc) is 2.33. The second kappa shape index (κ2) is 6.22. The van der Waals surface area contributed by atoms with Crippen molar-refractivity contribution in [2.75, 3.05) is 11.9 Å². The highest BCUT2D eigenvalue weighted by Crippen LogP contribution is 2.34. The molecule has 0 saturated heterocycles. The van der Waals surface area contributed by atoms with Crippen LogP contribution in [0.25, 0.3) is 0 Å². The fourth-order valence-corrected chi connectivity index (χ4v) is 1.49. The van der Waals surface area contributed by atoms with Crippen LogP contribution in [-0.4, -0.2) is 17.4 Å². The van der Waals surface area contributed by atoms with Crippen molar-refractivity contribution < 1.29 is 22.9 Å². The number of nitrogens with one attached hydrogen (secondary N) is 1. The molecule has 1 amide bonds. The monoisotopic (exact) mass is 291 g/mol. The number of alkyl halides is 3. The summed E-state index contributed by atoms with van der Waals surface area (Å²) in [6.07, 6.45) is -4.23. The Labute approximate surface area is 111 Å². The maximum Gasteiger partial charge on any atom is 0.416 e. The quantitative estimate of drug-likeness (QED) is 0.477. The van der Waals surface area contributed by atoms with E-state index in [1.54, 1.807) is 0 Å². The van der Waals surface area contributed by atoms with E-state index < -0.39 is 28.3 Å². The third-order valence-electron chi connectivity index (χ3n) is 2.44. The van der Waals surface area contributed by atoms with Gasteiger partial charge in [0.2, 0.25) is 5.91 Å². The number of hydrogen-bond donors (Lipinski definition) is 2. The molecule has 0 spiro atoms. The van der Waals surface area contributed by atoms with Gasteiger partial charge < -0.3 is 11.1 Å². The number of nitro groups is 1. The minimum absolute atomic E-state index is 0.0347. The minimum atomic E-state index is -4.64. The number of hydrogen-bond acceptors (Lipinski definition) is 4. The number of nitrogens with two attached hydrogens (primary N) is 1. The Hall–Kier alpha value is -2.32. The van der Waals surface area contributed by atoms with Crippen molar-refractivity contribution >= 4 is 17.3 Å². The zero-order chi connectivity index (χ0) is 15.3. The van der Waals surface area contributed by atoms with Gasteiger partial charge in [0.25, 0.3) is 5.69 Å². The fourth-order valence-electron chi connectivity index (χ4n) is 1.49. The maximum atomic E-state index is 12.5.